The molecule has 0 bridgehead atoms. The Kier molecular flexibility index (Phi) is 5.71. The van der Waals surface area contributed by atoms with Crippen LogP contribution in [-0.4, -0.2) is 17.7 Å². The third-order valence-corrected chi connectivity index (χ3v) is 3.58. The van der Waals surface area contributed by atoms with Crippen LogP contribution in [0.25, 0.3) is 0 Å². The maximum atomic E-state index is 11.6. The van der Waals surface area contributed by atoms with Crippen molar-refractivity contribution in [2.75, 3.05) is 17.2 Å². The first-order valence-corrected chi connectivity index (χ1v) is 7.83. The first-order valence-electron chi connectivity index (χ1n) is 7.42. The van der Waals surface area contributed by atoms with E-state index >= 15 is 0 Å². The molecule has 0 atom stereocenters. The maximum Gasteiger partial charge on any atom is 0.338 e. The molecule has 0 aliphatic carbocycles. The monoisotopic (exact) mass is 328 g/mol. The predicted octanol–water partition coefficient (Wildman–Crippen LogP) is 4.29. The second-order valence-corrected chi connectivity index (χ2v) is 5.55. The van der Waals surface area contributed by atoms with Crippen molar-refractivity contribution in [1.29, 1.82) is 0 Å². The van der Waals surface area contributed by atoms with Crippen molar-refractivity contribution < 1.29 is 9.53 Å². The zero-order chi connectivity index (χ0) is 16.8. The van der Waals surface area contributed by atoms with Crippen molar-refractivity contribution in [2.24, 2.45) is 0 Å². The predicted molar refractivity (Wildman–Crippen MR) is 98.2 cm³/mol. The zero-order valence-electron chi connectivity index (χ0n) is 13.5. The van der Waals surface area contributed by atoms with Gasteiger partial charge in [0.05, 0.1) is 12.2 Å². The molecule has 2 aromatic rings. The molecule has 0 radical (unpaired) electrons. The van der Waals surface area contributed by atoms with E-state index < -0.39 is 0 Å². The summed E-state index contributed by atoms with van der Waals surface area (Å²) in [6, 6.07) is 13.1. The lowest BCUT2D eigenvalue weighted by Crippen LogP contribution is -2.20. The normalized spacial score (nSPS) is 10.0. The van der Waals surface area contributed by atoms with Crippen LogP contribution in [0.4, 0.5) is 11.4 Å². The van der Waals surface area contributed by atoms with Crippen LogP contribution in [0.1, 0.15) is 28.4 Å². The van der Waals surface area contributed by atoms with Crippen molar-refractivity contribution in [3.8, 4) is 0 Å². The number of ether oxygens (including phenoxy) is 1. The molecule has 0 amide bonds. The van der Waals surface area contributed by atoms with E-state index in [2.05, 4.69) is 10.6 Å². The van der Waals surface area contributed by atoms with E-state index in [1.807, 2.05) is 32.0 Å². The summed E-state index contributed by atoms with van der Waals surface area (Å²) in [4.78, 5) is 11.6. The highest BCUT2D eigenvalue weighted by Crippen LogP contribution is 2.20. The lowest BCUT2D eigenvalue weighted by molar-refractivity contribution is 0.0526. The third-order valence-electron chi connectivity index (χ3n) is 3.37. The number of anilines is 2. The minimum Gasteiger partial charge on any atom is -0.462 e. The third kappa shape index (κ3) is 4.53. The van der Waals surface area contributed by atoms with Gasteiger partial charge in [0, 0.05) is 11.4 Å². The number of carbonyl (C=O) groups excluding carboxylic acids is 1. The van der Waals surface area contributed by atoms with Crippen molar-refractivity contribution >= 4 is 34.7 Å². The molecule has 5 heteroatoms. The molecule has 0 heterocycles. The van der Waals surface area contributed by atoms with Crippen LogP contribution in [0, 0.1) is 13.8 Å². The second kappa shape index (κ2) is 7.74. The van der Waals surface area contributed by atoms with Gasteiger partial charge in [0.1, 0.15) is 0 Å². The molecule has 0 spiro atoms. The number of nitrogens with one attached hydrogen (secondary N) is 2. The van der Waals surface area contributed by atoms with E-state index in [1.165, 1.54) is 0 Å². The smallest absolute Gasteiger partial charge is 0.338 e. The van der Waals surface area contributed by atoms with Crippen LogP contribution in [0.2, 0.25) is 0 Å². The van der Waals surface area contributed by atoms with E-state index in [4.69, 9.17) is 17.0 Å². The molecule has 2 rings (SSSR count). The number of hydrogen-bond donors (Lipinski definition) is 2. The molecule has 120 valence electrons. The number of rotatable bonds is 4. The fourth-order valence-electron chi connectivity index (χ4n) is 2.19. The molecular weight excluding hydrogens is 308 g/mol. The van der Waals surface area contributed by atoms with Crippen molar-refractivity contribution in [3.63, 3.8) is 0 Å². The Morgan fingerprint density at radius 1 is 1.04 bits per heavy atom. The van der Waals surface area contributed by atoms with E-state index in [-0.39, 0.29) is 5.97 Å². The fourth-order valence-corrected chi connectivity index (χ4v) is 2.41. The van der Waals surface area contributed by atoms with Crippen LogP contribution < -0.4 is 10.6 Å². The van der Waals surface area contributed by atoms with Crippen molar-refractivity contribution in [3.05, 3.63) is 59.2 Å². The van der Waals surface area contributed by atoms with E-state index in [1.54, 1.807) is 31.2 Å². The Morgan fingerprint density at radius 2 is 1.65 bits per heavy atom. The molecule has 0 aromatic heterocycles. The van der Waals surface area contributed by atoms with Crippen LogP contribution in [0.15, 0.2) is 42.5 Å². The van der Waals surface area contributed by atoms with Gasteiger partial charge in [-0.2, -0.15) is 0 Å². The summed E-state index contributed by atoms with van der Waals surface area (Å²) in [5.74, 6) is -0.324. The van der Waals surface area contributed by atoms with Gasteiger partial charge in [0.15, 0.2) is 5.11 Å². The van der Waals surface area contributed by atoms with E-state index in [0.717, 1.165) is 22.5 Å². The summed E-state index contributed by atoms with van der Waals surface area (Å²) in [7, 11) is 0. The maximum absolute atomic E-state index is 11.6. The molecule has 2 aromatic carbocycles. The van der Waals surface area contributed by atoms with Gasteiger partial charge >= 0.3 is 5.97 Å². The van der Waals surface area contributed by atoms with Gasteiger partial charge in [-0.15, -0.1) is 0 Å². The number of aryl methyl sites for hydroxylation is 2. The Bertz CT molecular complexity index is 691. The van der Waals surface area contributed by atoms with Gasteiger partial charge in [0.25, 0.3) is 0 Å². The number of benzene rings is 2. The van der Waals surface area contributed by atoms with E-state index in [0.29, 0.717) is 17.3 Å². The Hall–Kier alpha value is -2.40. The zero-order valence-corrected chi connectivity index (χ0v) is 14.3. The Balaban J connectivity index is 2.02. The number of esters is 1. The average molecular weight is 328 g/mol. The second-order valence-electron chi connectivity index (χ2n) is 5.14. The average Bonchev–Trinajstić information content (AvgIpc) is 2.52. The molecule has 0 fully saturated rings. The quantitative estimate of drug-likeness (QED) is 0.648. The molecule has 0 saturated carbocycles. The van der Waals surface area contributed by atoms with Crippen molar-refractivity contribution in [1.82, 2.24) is 0 Å². The topological polar surface area (TPSA) is 50.4 Å². The first-order chi connectivity index (χ1) is 11.0. The highest BCUT2D eigenvalue weighted by atomic mass is 32.1. The number of thiocarbonyl (C=S) groups is 1. The largest absolute Gasteiger partial charge is 0.462 e. The van der Waals surface area contributed by atoms with Gasteiger partial charge in [-0.05, 0) is 68.4 Å². The molecule has 23 heavy (non-hydrogen) atoms. The van der Waals surface area contributed by atoms with Crippen molar-refractivity contribution in [2.45, 2.75) is 20.8 Å². The van der Waals surface area contributed by atoms with Crippen LogP contribution in [-0.2, 0) is 4.74 Å². The molecule has 2 N–H and O–H groups in total. The number of carbonyl (C=O) groups is 1. The minimum absolute atomic E-state index is 0.324. The van der Waals surface area contributed by atoms with Gasteiger partial charge in [0.2, 0.25) is 0 Å². The Morgan fingerprint density at radius 3 is 2.22 bits per heavy atom. The number of hydrogen-bond acceptors (Lipinski definition) is 3. The highest BCUT2D eigenvalue weighted by Gasteiger charge is 2.07. The van der Waals surface area contributed by atoms with Crippen LogP contribution in [0.5, 0.6) is 0 Å². The summed E-state index contributed by atoms with van der Waals surface area (Å²) in [6.45, 7) is 6.21. The number of para-hydroxylation sites is 1. The van der Waals surface area contributed by atoms with Gasteiger partial charge < -0.3 is 15.4 Å². The summed E-state index contributed by atoms with van der Waals surface area (Å²) in [5, 5.41) is 6.83. The summed E-state index contributed by atoms with van der Waals surface area (Å²) < 4.78 is 4.96. The van der Waals surface area contributed by atoms with Gasteiger partial charge in [-0.1, -0.05) is 18.2 Å². The van der Waals surface area contributed by atoms with Gasteiger partial charge in [-0.25, -0.2) is 4.79 Å². The molecule has 0 saturated heterocycles. The molecule has 0 unspecified atom stereocenters. The lowest BCUT2D eigenvalue weighted by atomic mass is 10.1. The standard InChI is InChI=1S/C18H20N2O2S/c1-4-22-17(21)14-8-10-15(11-9-14)19-18(23)20-16-12(2)6-5-7-13(16)3/h5-11H,4H2,1-3H3,(H2,19,20,23). The van der Waals surface area contributed by atoms with E-state index in [9.17, 15) is 4.79 Å². The van der Waals surface area contributed by atoms with Crippen LogP contribution >= 0.6 is 12.2 Å². The summed E-state index contributed by atoms with van der Waals surface area (Å²) in [6.07, 6.45) is 0. The lowest BCUT2D eigenvalue weighted by Gasteiger charge is -2.15. The van der Waals surface area contributed by atoms with Gasteiger partial charge in [-0.3, -0.25) is 0 Å². The Labute approximate surface area is 141 Å². The van der Waals surface area contributed by atoms with Crippen LogP contribution in [0.3, 0.4) is 0 Å². The summed E-state index contributed by atoms with van der Waals surface area (Å²) in [5.41, 5.74) is 4.60. The summed E-state index contributed by atoms with van der Waals surface area (Å²) >= 11 is 5.35. The molecule has 4 nitrogen and oxygen atoms in total. The molecule has 0 aliphatic heterocycles. The molecular formula is C18H20N2O2S. The fraction of sp³-hybridized carbons (Fsp3) is 0.222. The molecule has 0 aliphatic rings. The first kappa shape index (κ1) is 17.0. The SMILES string of the molecule is CCOC(=O)c1ccc(NC(=S)Nc2c(C)cccc2C)cc1. The highest BCUT2D eigenvalue weighted by molar-refractivity contribution is 7.80. The minimum atomic E-state index is -0.324.